The molecule has 3 N–H and O–H groups in total. The number of nitrogens with one attached hydrogen (secondary N) is 1. The normalized spacial score (nSPS) is 13.9. The number of anilines is 3. The monoisotopic (exact) mass is 317 g/mol. The first kappa shape index (κ1) is 12.5. The SMILES string of the molecule is Nc1cnc(Nc2cccc3c2CCCC3)c(Br)c1. The van der Waals surface area contributed by atoms with Crippen LogP contribution in [0.2, 0.25) is 0 Å². The molecule has 19 heavy (non-hydrogen) atoms. The first-order chi connectivity index (χ1) is 9.24. The molecule has 0 amide bonds. The second-order valence-corrected chi connectivity index (χ2v) is 5.73. The summed E-state index contributed by atoms with van der Waals surface area (Å²) in [5, 5.41) is 3.41. The lowest BCUT2D eigenvalue weighted by atomic mass is 9.90. The Morgan fingerprint density at radius 1 is 1.21 bits per heavy atom. The minimum absolute atomic E-state index is 0.660. The van der Waals surface area contributed by atoms with E-state index in [4.69, 9.17) is 5.73 Å². The maximum absolute atomic E-state index is 5.71. The molecular formula is C15H16BrN3. The summed E-state index contributed by atoms with van der Waals surface area (Å²) in [5.74, 6) is 0.813. The number of hydrogen-bond donors (Lipinski definition) is 2. The molecule has 0 saturated heterocycles. The van der Waals surface area contributed by atoms with Crippen molar-refractivity contribution in [3.63, 3.8) is 0 Å². The largest absolute Gasteiger partial charge is 0.397 e. The third-order valence-corrected chi connectivity index (χ3v) is 4.12. The van der Waals surface area contributed by atoms with Crippen LogP contribution in [-0.2, 0) is 12.8 Å². The van der Waals surface area contributed by atoms with Crippen molar-refractivity contribution in [2.75, 3.05) is 11.1 Å². The molecular weight excluding hydrogens is 302 g/mol. The Labute approximate surface area is 121 Å². The third-order valence-electron chi connectivity index (χ3n) is 3.51. The minimum Gasteiger partial charge on any atom is -0.397 e. The molecule has 1 aromatic heterocycles. The number of halogens is 1. The van der Waals surface area contributed by atoms with Crippen molar-refractivity contribution >= 4 is 33.1 Å². The molecule has 0 bridgehead atoms. The summed E-state index contributed by atoms with van der Waals surface area (Å²) in [6.45, 7) is 0. The average Bonchev–Trinajstić information content (AvgIpc) is 2.42. The van der Waals surface area contributed by atoms with Crippen LogP contribution in [0.3, 0.4) is 0 Å². The average molecular weight is 318 g/mol. The summed E-state index contributed by atoms with van der Waals surface area (Å²) < 4.78 is 0.890. The van der Waals surface area contributed by atoms with E-state index in [0.29, 0.717) is 5.69 Å². The number of benzene rings is 1. The van der Waals surface area contributed by atoms with Gasteiger partial charge < -0.3 is 11.1 Å². The van der Waals surface area contributed by atoms with Gasteiger partial charge in [-0.05, 0) is 64.9 Å². The van der Waals surface area contributed by atoms with Crippen molar-refractivity contribution in [3.8, 4) is 0 Å². The molecule has 1 aromatic carbocycles. The second kappa shape index (κ2) is 5.21. The predicted molar refractivity (Wildman–Crippen MR) is 82.7 cm³/mol. The van der Waals surface area contributed by atoms with Crippen LogP contribution >= 0.6 is 15.9 Å². The van der Waals surface area contributed by atoms with Gasteiger partial charge in [0.15, 0.2) is 0 Å². The standard InChI is InChI=1S/C15H16BrN3/c16-13-8-11(17)9-18-15(13)19-14-7-3-5-10-4-1-2-6-12(10)14/h3,5,7-9H,1-2,4,6,17H2,(H,18,19). The van der Waals surface area contributed by atoms with Gasteiger partial charge in [0.25, 0.3) is 0 Å². The Hall–Kier alpha value is -1.55. The quantitative estimate of drug-likeness (QED) is 0.878. The van der Waals surface area contributed by atoms with Gasteiger partial charge >= 0.3 is 0 Å². The summed E-state index contributed by atoms with van der Waals surface area (Å²) in [7, 11) is 0. The molecule has 0 unspecified atom stereocenters. The van der Waals surface area contributed by atoms with E-state index in [-0.39, 0.29) is 0 Å². The van der Waals surface area contributed by atoms with Crippen LogP contribution < -0.4 is 11.1 Å². The molecule has 3 nitrogen and oxygen atoms in total. The number of pyridine rings is 1. The molecule has 1 heterocycles. The van der Waals surface area contributed by atoms with E-state index in [1.807, 2.05) is 6.07 Å². The summed E-state index contributed by atoms with van der Waals surface area (Å²) in [5.41, 5.74) is 10.4. The van der Waals surface area contributed by atoms with Crippen LogP contribution in [0, 0.1) is 0 Å². The number of fused-ring (bicyclic) bond motifs is 1. The van der Waals surface area contributed by atoms with E-state index in [0.717, 1.165) is 22.4 Å². The van der Waals surface area contributed by atoms with Crippen molar-refractivity contribution in [1.29, 1.82) is 0 Å². The van der Waals surface area contributed by atoms with Crippen LogP contribution in [0.5, 0.6) is 0 Å². The molecule has 98 valence electrons. The maximum atomic E-state index is 5.71. The molecule has 2 aromatic rings. The predicted octanol–water partition coefficient (Wildman–Crippen LogP) is 4.05. The number of nitrogen functional groups attached to an aromatic ring is 1. The molecule has 0 saturated carbocycles. The highest BCUT2D eigenvalue weighted by Crippen LogP contribution is 2.31. The smallest absolute Gasteiger partial charge is 0.144 e. The molecule has 4 heteroatoms. The number of aromatic nitrogens is 1. The van der Waals surface area contributed by atoms with E-state index in [1.165, 1.54) is 30.4 Å². The Balaban J connectivity index is 1.95. The van der Waals surface area contributed by atoms with Gasteiger partial charge in [0.2, 0.25) is 0 Å². The van der Waals surface area contributed by atoms with E-state index in [2.05, 4.69) is 44.4 Å². The van der Waals surface area contributed by atoms with Gasteiger partial charge in [-0.1, -0.05) is 12.1 Å². The van der Waals surface area contributed by atoms with Gasteiger partial charge in [0, 0.05) is 5.69 Å². The number of nitrogens with two attached hydrogens (primary N) is 1. The molecule has 0 fully saturated rings. The lowest BCUT2D eigenvalue weighted by Gasteiger charge is -2.20. The number of aryl methyl sites for hydroxylation is 1. The van der Waals surface area contributed by atoms with Gasteiger partial charge in [-0.2, -0.15) is 0 Å². The third kappa shape index (κ3) is 2.59. The van der Waals surface area contributed by atoms with Crippen molar-refractivity contribution in [3.05, 3.63) is 46.1 Å². The van der Waals surface area contributed by atoms with Gasteiger partial charge in [-0.3, -0.25) is 0 Å². The number of hydrogen-bond acceptors (Lipinski definition) is 3. The first-order valence-corrected chi connectivity index (χ1v) is 7.32. The zero-order valence-electron chi connectivity index (χ0n) is 10.6. The second-order valence-electron chi connectivity index (χ2n) is 4.87. The zero-order valence-corrected chi connectivity index (χ0v) is 12.2. The molecule has 3 rings (SSSR count). The van der Waals surface area contributed by atoms with Crippen LogP contribution in [0.15, 0.2) is 34.9 Å². The zero-order chi connectivity index (χ0) is 13.2. The minimum atomic E-state index is 0.660. The lowest BCUT2D eigenvalue weighted by Crippen LogP contribution is -2.07. The molecule has 1 aliphatic carbocycles. The number of rotatable bonds is 2. The van der Waals surface area contributed by atoms with E-state index < -0.39 is 0 Å². The Kier molecular flexibility index (Phi) is 3.42. The summed E-state index contributed by atoms with van der Waals surface area (Å²) >= 11 is 3.50. The molecule has 0 aliphatic heterocycles. The summed E-state index contributed by atoms with van der Waals surface area (Å²) in [6.07, 6.45) is 6.55. The van der Waals surface area contributed by atoms with E-state index in [9.17, 15) is 0 Å². The fourth-order valence-electron chi connectivity index (χ4n) is 2.57. The molecule has 0 radical (unpaired) electrons. The Bertz CT molecular complexity index is 610. The van der Waals surface area contributed by atoms with Crippen molar-refractivity contribution in [2.24, 2.45) is 0 Å². The van der Waals surface area contributed by atoms with E-state index in [1.54, 1.807) is 6.20 Å². The Morgan fingerprint density at radius 2 is 2.05 bits per heavy atom. The topological polar surface area (TPSA) is 50.9 Å². The highest BCUT2D eigenvalue weighted by atomic mass is 79.9. The maximum Gasteiger partial charge on any atom is 0.144 e. The molecule has 0 atom stereocenters. The molecule has 1 aliphatic rings. The molecule has 0 spiro atoms. The van der Waals surface area contributed by atoms with Gasteiger partial charge in [0.05, 0.1) is 16.4 Å². The van der Waals surface area contributed by atoms with Crippen molar-refractivity contribution < 1.29 is 0 Å². The van der Waals surface area contributed by atoms with Gasteiger partial charge in [-0.25, -0.2) is 4.98 Å². The van der Waals surface area contributed by atoms with Gasteiger partial charge in [0.1, 0.15) is 5.82 Å². The van der Waals surface area contributed by atoms with Crippen molar-refractivity contribution in [2.45, 2.75) is 25.7 Å². The van der Waals surface area contributed by atoms with Crippen LogP contribution in [0.1, 0.15) is 24.0 Å². The summed E-state index contributed by atoms with van der Waals surface area (Å²) in [6, 6.07) is 8.32. The van der Waals surface area contributed by atoms with Crippen LogP contribution in [0.25, 0.3) is 0 Å². The highest BCUT2D eigenvalue weighted by Gasteiger charge is 2.13. The fraction of sp³-hybridized carbons (Fsp3) is 0.267. The van der Waals surface area contributed by atoms with Crippen LogP contribution in [-0.4, -0.2) is 4.98 Å². The van der Waals surface area contributed by atoms with Crippen LogP contribution in [0.4, 0.5) is 17.2 Å². The lowest BCUT2D eigenvalue weighted by molar-refractivity contribution is 0.687. The number of nitrogens with zero attached hydrogens (tertiary/aromatic N) is 1. The van der Waals surface area contributed by atoms with Crippen molar-refractivity contribution in [1.82, 2.24) is 4.98 Å². The highest BCUT2D eigenvalue weighted by molar-refractivity contribution is 9.10. The Morgan fingerprint density at radius 3 is 2.89 bits per heavy atom. The first-order valence-electron chi connectivity index (χ1n) is 6.53. The van der Waals surface area contributed by atoms with Gasteiger partial charge in [-0.15, -0.1) is 0 Å². The summed E-state index contributed by atoms with van der Waals surface area (Å²) in [4.78, 5) is 4.34. The van der Waals surface area contributed by atoms with E-state index >= 15 is 0 Å². The fourth-order valence-corrected chi connectivity index (χ4v) is 3.04.